The average Bonchev–Trinajstić information content (AvgIpc) is 3.13. The third-order valence-electron chi connectivity index (χ3n) is 4.69. The third kappa shape index (κ3) is 3.10. The van der Waals surface area contributed by atoms with Gasteiger partial charge in [0.15, 0.2) is 11.6 Å². The lowest BCUT2D eigenvalue weighted by Gasteiger charge is -2.30. The molecule has 0 amide bonds. The summed E-state index contributed by atoms with van der Waals surface area (Å²) in [7, 11) is 1.68. The predicted molar refractivity (Wildman–Crippen MR) is 87.9 cm³/mol. The summed E-state index contributed by atoms with van der Waals surface area (Å²) in [6.07, 6.45) is 4.70. The minimum atomic E-state index is -0.0605. The summed E-state index contributed by atoms with van der Waals surface area (Å²) in [5.74, 6) is 3.80. The fourth-order valence-electron chi connectivity index (χ4n) is 3.00. The fraction of sp³-hybridized carbons (Fsp3) is 0.733. The van der Waals surface area contributed by atoms with Gasteiger partial charge in [-0.25, -0.2) is 9.97 Å². The van der Waals surface area contributed by atoms with Gasteiger partial charge in [-0.15, -0.1) is 0 Å². The molecular formula is C15H22N6OS. The van der Waals surface area contributed by atoms with Crippen LogP contribution in [-0.2, 0) is 4.74 Å². The lowest BCUT2D eigenvalue weighted by atomic mass is 9.98. The van der Waals surface area contributed by atoms with Gasteiger partial charge >= 0.3 is 0 Å². The Hall–Kier alpha value is -1.54. The number of H-pyrrole nitrogens is 1. The maximum absolute atomic E-state index is 5.30. The van der Waals surface area contributed by atoms with Crippen molar-refractivity contribution in [1.29, 1.82) is 0 Å². The molecule has 0 bridgehead atoms. The molecule has 23 heavy (non-hydrogen) atoms. The molecule has 2 aromatic rings. The first kappa shape index (κ1) is 15.0. The van der Waals surface area contributed by atoms with Crippen LogP contribution in [0.1, 0.15) is 68.0 Å². The summed E-state index contributed by atoms with van der Waals surface area (Å²) in [6, 6.07) is 0. The van der Waals surface area contributed by atoms with Gasteiger partial charge in [0, 0.05) is 43.6 Å². The van der Waals surface area contributed by atoms with E-state index in [4.69, 9.17) is 9.72 Å². The van der Waals surface area contributed by atoms with Gasteiger partial charge in [0.25, 0.3) is 0 Å². The molecule has 2 aliphatic rings. The minimum absolute atomic E-state index is 0.0605. The summed E-state index contributed by atoms with van der Waals surface area (Å²) in [6.45, 7) is 3.91. The summed E-state index contributed by atoms with van der Waals surface area (Å²) in [5, 5.41) is 8.56. The number of methoxy groups -OCH3 is 1. The third-order valence-corrected chi connectivity index (χ3v) is 5.48. The summed E-state index contributed by atoms with van der Waals surface area (Å²) in [5.41, 5.74) is 0. The monoisotopic (exact) mass is 334 g/mol. The van der Waals surface area contributed by atoms with Gasteiger partial charge in [-0.1, -0.05) is 0 Å². The maximum atomic E-state index is 5.30. The highest BCUT2D eigenvalue weighted by Gasteiger charge is 2.30. The zero-order valence-electron chi connectivity index (χ0n) is 13.5. The van der Waals surface area contributed by atoms with Crippen LogP contribution in [0.2, 0.25) is 0 Å². The Morgan fingerprint density at radius 3 is 2.91 bits per heavy atom. The Morgan fingerprint density at radius 1 is 1.26 bits per heavy atom. The number of hydrogen-bond donors (Lipinski definition) is 1. The van der Waals surface area contributed by atoms with Gasteiger partial charge in [0.1, 0.15) is 11.9 Å². The molecule has 1 saturated carbocycles. The lowest BCUT2D eigenvalue weighted by Crippen LogP contribution is -2.34. The molecule has 3 heterocycles. The highest BCUT2D eigenvalue weighted by atomic mass is 32.1. The number of nitrogens with zero attached hydrogens (tertiary/aromatic N) is 5. The number of aromatic amines is 1. The van der Waals surface area contributed by atoms with E-state index in [9.17, 15) is 0 Å². The van der Waals surface area contributed by atoms with E-state index >= 15 is 0 Å². The van der Waals surface area contributed by atoms with Crippen molar-refractivity contribution in [2.75, 3.05) is 25.1 Å². The first-order chi connectivity index (χ1) is 11.2. The summed E-state index contributed by atoms with van der Waals surface area (Å²) in [4.78, 5) is 11.7. The van der Waals surface area contributed by atoms with E-state index < -0.39 is 0 Å². The maximum Gasteiger partial charge on any atom is 0.205 e. The van der Waals surface area contributed by atoms with Crippen molar-refractivity contribution in [2.45, 2.75) is 50.5 Å². The lowest BCUT2D eigenvalue weighted by molar-refractivity contribution is 0.113. The number of aromatic nitrogens is 5. The van der Waals surface area contributed by atoms with E-state index in [1.165, 1.54) is 24.4 Å². The molecule has 1 aliphatic heterocycles. The van der Waals surface area contributed by atoms with E-state index in [-0.39, 0.29) is 6.10 Å². The first-order valence-corrected chi connectivity index (χ1v) is 9.05. The molecule has 1 aliphatic carbocycles. The van der Waals surface area contributed by atoms with Gasteiger partial charge < -0.3 is 9.64 Å². The molecule has 0 radical (unpaired) electrons. The molecule has 8 heteroatoms. The molecule has 2 atom stereocenters. The van der Waals surface area contributed by atoms with Crippen LogP contribution in [0.3, 0.4) is 0 Å². The van der Waals surface area contributed by atoms with Crippen LogP contribution in [0, 0.1) is 0 Å². The van der Waals surface area contributed by atoms with Gasteiger partial charge in [0.05, 0.1) is 0 Å². The Bertz CT molecular complexity index is 666. The van der Waals surface area contributed by atoms with Crippen molar-refractivity contribution < 1.29 is 4.74 Å². The van der Waals surface area contributed by atoms with Crippen LogP contribution in [0.25, 0.3) is 0 Å². The van der Waals surface area contributed by atoms with Crippen molar-refractivity contribution >= 4 is 16.7 Å². The highest BCUT2D eigenvalue weighted by Crippen LogP contribution is 2.38. The van der Waals surface area contributed by atoms with E-state index in [0.717, 1.165) is 48.5 Å². The molecule has 4 rings (SSSR count). The second kappa shape index (κ2) is 6.16. The fourth-order valence-corrected chi connectivity index (χ4v) is 3.78. The number of hydrogen-bond acceptors (Lipinski definition) is 7. The number of anilines is 1. The van der Waals surface area contributed by atoms with Crippen molar-refractivity contribution in [3.8, 4) is 0 Å². The average molecular weight is 334 g/mol. The Kier molecular flexibility index (Phi) is 4.02. The van der Waals surface area contributed by atoms with Gasteiger partial charge in [-0.05, 0) is 32.6 Å². The smallest absolute Gasteiger partial charge is 0.205 e. The highest BCUT2D eigenvalue weighted by molar-refractivity contribution is 7.09. The zero-order valence-corrected chi connectivity index (χ0v) is 14.3. The van der Waals surface area contributed by atoms with Crippen LogP contribution in [-0.4, -0.2) is 44.7 Å². The number of rotatable bonds is 5. The molecule has 2 aromatic heterocycles. The van der Waals surface area contributed by atoms with Gasteiger partial charge in [-0.2, -0.15) is 9.47 Å². The molecule has 0 aromatic carbocycles. The van der Waals surface area contributed by atoms with Crippen LogP contribution in [0.4, 0.5) is 5.13 Å². The summed E-state index contributed by atoms with van der Waals surface area (Å²) >= 11 is 1.45. The molecule has 124 valence electrons. The molecule has 7 nitrogen and oxygen atoms in total. The van der Waals surface area contributed by atoms with Crippen LogP contribution in [0.5, 0.6) is 0 Å². The predicted octanol–water partition coefficient (Wildman–Crippen LogP) is 2.63. The standard InChI is InChI=1S/C15H22N6OS/c1-9(22-2)12-17-15(23-20-12)21-7-3-4-11(8-21)14-16-13(18-19-14)10-5-6-10/h9-11H,3-8H2,1-2H3,(H,16,18,19). The second-order valence-corrected chi connectivity index (χ2v) is 7.18. The van der Waals surface area contributed by atoms with E-state index in [1.807, 2.05) is 6.92 Å². The summed E-state index contributed by atoms with van der Waals surface area (Å²) < 4.78 is 9.72. The number of piperidine rings is 1. The van der Waals surface area contributed by atoms with Crippen LogP contribution < -0.4 is 4.90 Å². The Balaban J connectivity index is 1.46. The molecule has 1 saturated heterocycles. The Morgan fingerprint density at radius 2 is 2.13 bits per heavy atom. The van der Waals surface area contributed by atoms with Crippen molar-refractivity contribution in [3.63, 3.8) is 0 Å². The van der Waals surface area contributed by atoms with E-state index in [2.05, 4.69) is 24.5 Å². The SMILES string of the molecule is COC(C)c1nsc(N2CCCC(c3n[nH]c(C4CC4)n3)C2)n1. The molecule has 2 fully saturated rings. The number of nitrogens with one attached hydrogen (secondary N) is 1. The molecule has 2 unspecified atom stereocenters. The Labute approximate surface area is 139 Å². The van der Waals surface area contributed by atoms with Crippen molar-refractivity contribution in [1.82, 2.24) is 24.5 Å². The van der Waals surface area contributed by atoms with E-state index in [1.54, 1.807) is 7.11 Å². The first-order valence-electron chi connectivity index (χ1n) is 8.28. The van der Waals surface area contributed by atoms with Gasteiger partial charge in [0.2, 0.25) is 5.13 Å². The molecule has 0 spiro atoms. The molecule has 1 N–H and O–H groups in total. The van der Waals surface area contributed by atoms with Crippen molar-refractivity contribution in [3.05, 3.63) is 17.5 Å². The molecular weight excluding hydrogens is 312 g/mol. The van der Waals surface area contributed by atoms with Gasteiger partial charge in [-0.3, -0.25) is 5.10 Å². The van der Waals surface area contributed by atoms with Crippen molar-refractivity contribution in [2.24, 2.45) is 0 Å². The second-order valence-electron chi connectivity index (χ2n) is 6.45. The largest absolute Gasteiger partial charge is 0.374 e. The normalized spacial score (nSPS) is 23.2. The van der Waals surface area contributed by atoms with Crippen LogP contribution in [0.15, 0.2) is 0 Å². The minimum Gasteiger partial charge on any atom is -0.374 e. The quantitative estimate of drug-likeness (QED) is 0.905. The topological polar surface area (TPSA) is 79.8 Å². The zero-order chi connectivity index (χ0) is 15.8. The van der Waals surface area contributed by atoms with E-state index in [0.29, 0.717) is 11.8 Å². The van der Waals surface area contributed by atoms with Crippen LogP contribution >= 0.6 is 11.5 Å². The number of ether oxygens (including phenoxy) is 1.